The van der Waals surface area contributed by atoms with Crippen molar-refractivity contribution in [2.75, 3.05) is 11.9 Å². The van der Waals surface area contributed by atoms with Gasteiger partial charge in [-0.3, -0.25) is 4.79 Å². The molecule has 0 saturated carbocycles. The number of nitrogens with one attached hydrogen (secondary N) is 1. The van der Waals surface area contributed by atoms with E-state index in [-0.39, 0.29) is 22.6 Å². The summed E-state index contributed by atoms with van der Waals surface area (Å²) in [5.74, 6) is -0.251. The van der Waals surface area contributed by atoms with Crippen molar-refractivity contribution < 1.29 is 14.3 Å². The molecule has 0 saturated heterocycles. The fraction of sp³-hybridized carbons (Fsp3) is 0.429. The van der Waals surface area contributed by atoms with Gasteiger partial charge in [-0.2, -0.15) is 0 Å². The number of anilines is 1. The molecule has 0 heterocycles. The first-order valence-electron chi connectivity index (χ1n) is 6.17. The molecule has 0 unspecified atom stereocenters. The lowest BCUT2D eigenvalue weighted by Gasteiger charge is -2.13. The number of hydrogen-bond acceptors (Lipinski definition) is 3. The normalized spacial score (nSPS) is 12.1. The van der Waals surface area contributed by atoms with E-state index in [4.69, 9.17) is 4.74 Å². The van der Waals surface area contributed by atoms with Crippen LogP contribution in [0.1, 0.15) is 31.1 Å². The SMILES string of the molecule is CCOC(=O)c1ccc(NC(=O)[C@H](Br)C(C)C)cc1. The van der Waals surface area contributed by atoms with Crippen LogP contribution < -0.4 is 5.32 Å². The van der Waals surface area contributed by atoms with Gasteiger partial charge in [-0.1, -0.05) is 29.8 Å². The van der Waals surface area contributed by atoms with E-state index in [0.717, 1.165) is 0 Å². The van der Waals surface area contributed by atoms with Gasteiger partial charge < -0.3 is 10.1 Å². The molecule has 0 aromatic heterocycles. The zero-order valence-electron chi connectivity index (χ0n) is 11.3. The van der Waals surface area contributed by atoms with Gasteiger partial charge in [0.25, 0.3) is 0 Å². The van der Waals surface area contributed by atoms with Crippen molar-refractivity contribution in [3.63, 3.8) is 0 Å². The van der Waals surface area contributed by atoms with E-state index in [1.54, 1.807) is 31.2 Å². The van der Waals surface area contributed by atoms with Gasteiger partial charge in [0, 0.05) is 5.69 Å². The third kappa shape index (κ3) is 4.67. The summed E-state index contributed by atoms with van der Waals surface area (Å²) in [6.07, 6.45) is 0. The quantitative estimate of drug-likeness (QED) is 0.667. The smallest absolute Gasteiger partial charge is 0.338 e. The van der Waals surface area contributed by atoms with Crippen LogP contribution in [0.2, 0.25) is 0 Å². The first kappa shape index (κ1) is 15.7. The number of hydrogen-bond donors (Lipinski definition) is 1. The molecule has 0 aliphatic carbocycles. The van der Waals surface area contributed by atoms with Gasteiger partial charge in [0.05, 0.1) is 17.0 Å². The van der Waals surface area contributed by atoms with Gasteiger partial charge >= 0.3 is 5.97 Å². The van der Waals surface area contributed by atoms with Crippen LogP contribution in [0.5, 0.6) is 0 Å². The van der Waals surface area contributed by atoms with E-state index in [2.05, 4.69) is 21.2 Å². The number of carbonyl (C=O) groups excluding carboxylic acids is 2. The molecule has 19 heavy (non-hydrogen) atoms. The summed E-state index contributed by atoms with van der Waals surface area (Å²) in [5, 5.41) is 2.78. The second-order valence-corrected chi connectivity index (χ2v) is 5.42. The van der Waals surface area contributed by atoms with Crippen molar-refractivity contribution in [2.45, 2.75) is 25.6 Å². The minimum Gasteiger partial charge on any atom is -0.462 e. The molecule has 1 aromatic rings. The molecule has 1 N–H and O–H groups in total. The minimum absolute atomic E-state index is 0.0983. The molecule has 1 amide bonds. The molecule has 0 radical (unpaired) electrons. The van der Waals surface area contributed by atoms with Gasteiger partial charge in [0.2, 0.25) is 5.91 Å². The van der Waals surface area contributed by atoms with Gasteiger partial charge in [0.15, 0.2) is 0 Å². The average molecular weight is 328 g/mol. The maximum atomic E-state index is 11.8. The van der Waals surface area contributed by atoms with Gasteiger partial charge in [0.1, 0.15) is 0 Å². The summed E-state index contributed by atoms with van der Waals surface area (Å²) >= 11 is 3.34. The van der Waals surface area contributed by atoms with E-state index in [1.165, 1.54) is 0 Å². The predicted molar refractivity (Wildman–Crippen MR) is 78.6 cm³/mol. The Bertz CT molecular complexity index is 443. The molecular weight excluding hydrogens is 310 g/mol. The molecule has 0 aliphatic heterocycles. The van der Waals surface area contributed by atoms with Crippen LogP contribution in [0.25, 0.3) is 0 Å². The van der Waals surface area contributed by atoms with E-state index < -0.39 is 0 Å². The number of esters is 1. The number of rotatable bonds is 5. The third-order valence-corrected chi connectivity index (χ3v) is 3.97. The summed E-state index contributed by atoms with van der Waals surface area (Å²) in [7, 11) is 0. The fourth-order valence-electron chi connectivity index (χ4n) is 1.42. The van der Waals surface area contributed by atoms with Crippen molar-refractivity contribution in [2.24, 2.45) is 5.92 Å². The van der Waals surface area contributed by atoms with Crippen LogP contribution in [0.15, 0.2) is 24.3 Å². The predicted octanol–water partition coefficient (Wildman–Crippen LogP) is 3.22. The zero-order valence-corrected chi connectivity index (χ0v) is 12.9. The Balaban J connectivity index is 2.67. The molecule has 0 spiro atoms. The lowest BCUT2D eigenvalue weighted by atomic mass is 10.1. The maximum Gasteiger partial charge on any atom is 0.338 e. The second-order valence-electron chi connectivity index (χ2n) is 4.43. The summed E-state index contributed by atoms with van der Waals surface area (Å²) in [6.45, 7) is 6.03. The molecule has 5 heteroatoms. The minimum atomic E-state index is -0.360. The highest BCUT2D eigenvalue weighted by Gasteiger charge is 2.18. The first-order valence-corrected chi connectivity index (χ1v) is 7.09. The standard InChI is InChI=1S/C14H18BrNO3/c1-4-19-14(18)10-5-7-11(8-6-10)16-13(17)12(15)9(2)3/h5-9,12H,4H2,1-3H3,(H,16,17)/t12-/m1/s1. The number of amides is 1. The van der Waals surface area contributed by atoms with Gasteiger partial charge in [-0.05, 0) is 37.1 Å². The Labute approximate surface area is 121 Å². The van der Waals surface area contributed by atoms with Gasteiger partial charge in [-0.25, -0.2) is 4.79 Å². The number of halogens is 1. The zero-order chi connectivity index (χ0) is 14.4. The Morgan fingerprint density at radius 3 is 2.32 bits per heavy atom. The average Bonchev–Trinajstić information content (AvgIpc) is 2.38. The first-order chi connectivity index (χ1) is 8.95. The Kier molecular flexibility index (Phi) is 6.02. The summed E-state index contributed by atoms with van der Waals surface area (Å²) in [4.78, 5) is 23.0. The van der Waals surface area contributed by atoms with Gasteiger partial charge in [-0.15, -0.1) is 0 Å². The molecule has 4 nitrogen and oxygen atoms in total. The highest BCUT2D eigenvalue weighted by Crippen LogP contribution is 2.16. The molecular formula is C14H18BrNO3. The number of ether oxygens (including phenoxy) is 1. The molecule has 0 bridgehead atoms. The van der Waals surface area contributed by atoms with Crippen LogP contribution in [-0.4, -0.2) is 23.3 Å². The van der Waals surface area contributed by atoms with Crippen LogP contribution in [-0.2, 0) is 9.53 Å². The fourth-order valence-corrected chi connectivity index (χ4v) is 1.53. The monoisotopic (exact) mass is 327 g/mol. The van der Waals surface area contributed by atoms with E-state index in [0.29, 0.717) is 17.9 Å². The number of benzene rings is 1. The molecule has 104 valence electrons. The molecule has 1 aromatic carbocycles. The number of carbonyl (C=O) groups is 2. The van der Waals surface area contributed by atoms with Crippen LogP contribution >= 0.6 is 15.9 Å². The highest BCUT2D eigenvalue weighted by molar-refractivity contribution is 9.10. The second kappa shape index (κ2) is 7.28. The van der Waals surface area contributed by atoms with Crippen LogP contribution in [0, 0.1) is 5.92 Å². The van der Waals surface area contributed by atoms with E-state index in [9.17, 15) is 9.59 Å². The van der Waals surface area contributed by atoms with E-state index in [1.807, 2.05) is 13.8 Å². The third-order valence-electron chi connectivity index (χ3n) is 2.50. The highest BCUT2D eigenvalue weighted by atomic mass is 79.9. The summed E-state index contributed by atoms with van der Waals surface area (Å²) < 4.78 is 4.88. The lowest BCUT2D eigenvalue weighted by Crippen LogP contribution is -2.26. The molecule has 1 rings (SSSR count). The molecule has 0 fully saturated rings. The summed E-state index contributed by atoms with van der Waals surface area (Å²) in [5.41, 5.74) is 1.13. The summed E-state index contributed by atoms with van der Waals surface area (Å²) in [6, 6.07) is 6.63. The lowest BCUT2D eigenvalue weighted by molar-refractivity contribution is -0.116. The molecule has 0 aliphatic rings. The van der Waals surface area contributed by atoms with Crippen molar-refractivity contribution in [3.05, 3.63) is 29.8 Å². The van der Waals surface area contributed by atoms with E-state index >= 15 is 0 Å². The Morgan fingerprint density at radius 2 is 1.84 bits per heavy atom. The van der Waals surface area contributed by atoms with Crippen LogP contribution in [0.3, 0.4) is 0 Å². The van der Waals surface area contributed by atoms with Crippen molar-refractivity contribution >= 4 is 33.5 Å². The maximum absolute atomic E-state index is 11.8. The Morgan fingerprint density at radius 1 is 1.26 bits per heavy atom. The number of alkyl halides is 1. The van der Waals surface area contributed by atoms with Crippen LogP contribution in [0.4, 0.5) is 5.69 Å². The largest absolute Gasteiger partial charge is 0.462 e. The van der Waals surface area contributed by atoms with Crippen molar-refractivity contribution in [3.8, 4) is 0 Å². The Hall–Kier alpha value is -1.36. The van der Waals surface area contributed by atoms with Crippen molar-refractivity contribution in [1.82, 2.24) is 0 Å². The van der Waals surface area contributed by atoms with Crippen molar-refractivity contribution in [1.29, 1.82) is 0 Å². The topological polar surface area (TPSA) is 55.4 Å². The molecule has 1 atom stereocenters.